The number of carbonyl (C=O) groups is 1. The highest BCUT2D eigenvalue weighted by Crippen LogP contribution is 2.23. The van der Waals surface area contributed by atoms with Gasteiger partial charge in [-0.15, -0.1) is 0 Å². The maximum atomic E-state index is 12.8. The number of carbonyl (C=O) groups excluding carboxylic acids is 1. The van der Waals surface area contributed by atoms with E-state index in [1.54, 1.807) is 31.3 Å². The summed E-state index contributed by atoms with van der Waals surface area (Å²) >= 11 is 0. The van der Waals surface area contributed by atoms with Gasteiger partial charge in [-0.25, -0.2) is 8.42 Å². The Morgan fingerprint density at radius 3 is 2.55 bits per heavy atom. The molecule has 0 N–H and O–H groups in total. The second-order valence-corrected chi connectivity index (χ2v) is 8.73. The number of ether oxygens (including phenoxy) is 1. The van der Waals surface area contributed by atoms with Crippen molar-refractivity contribution < 1.29 is 22.5 Å². The fraction of sp³-hybridized carbons (Fsp3) is 0.286. The lowest BCUT2D eigenvalue weighted by atomic mass is 10.2. The van der Waals surface area contributed by atoms with E-state index in [0.29, 0.717) is 23.9 Å². The van der Waals surface area contributed by atoms with Crippen molar-refractivity contribution in [2.24, 2.45) is 0 Å². The van der Waals surface area contributed by atoms with Crippen LogP contribution in [0.15, 0.2) is 59.1 Å². The third-order valence-electron chi connectivity index (χ3n) is 4.39. The SMILES string of the molecule is CCOc1cccc(N(CC(=O)N(C)Cc2nc(-c3ccccc3)no2)S(C)(=O)=O)c1. The van der Waals surface area contributed by atoms with E-state index in [4.69, 9.17) is 9.26 Å². The molecule has 0 radical (unpaired) electrons. The van der Waals surface area contributed by atoms with Crippen LogP contribution >= 0.6 is 0 Å². The van der Waals surface area contributed by atoms with Gasteiger partial charge in [0.1, 0.15) is 12.3 Å². The standard InChI is InChI=1S/C21H24N4O5S/c1-4-29-18-12-8-11-17(13-18)25(31(3,27)28)15-20(26)24(2)14-19-22-21(23-30-19)16-9-6-5-7-10-16/h5-13H,4,14-15H2,1-3H3. The van der Waals surface area contributed by atoms with Gasteiger partial charge >= 0.3 is 0 Å². The highest BCUT2D eigenvalue weighted by molar-refractivity contribution is 7.92. The Morgan fingerprint density at radius 2 is 1.87 bits per heavy atom. The zero-order valence-corrected chi connectivity index (χ0v) is 18.4. The minimum absolute atomic E-state index is 0.0508. The summed E-state index contributed by atoms with van der Waals surface area (Å²) in [6, 6.07) is 15.9. The van der Waals surface area contributed by atoms with E-state index in [1.807, 2.05) is 37.3 Å². The van der Waals surface area contributed by atoms with Crippen molar-refractivity contribution in [1.82, 2.24) is 15.0 Å². The molecular formula is C21H24N4O5S. The number of anilines is 1. The molecule has 164 valence electrons. The summed E-state index contributed by atoms with van der Waals surface area (Å²) in [5.74, 6) is 0.765. The Kier molecular flexibility index (Phi) is 6.91. The summed E-state index contributed by atoms with van der Waals surface area (Å²) in [4.78, 5) is 18.4. The lowest BCUT2D eigenvalue weighted by molar-refractivity contribution is -0.129. The molecule has 0 aliphatic carbocycles. The van der Waals surface area contributed by atoms with Crippen LogP contribution in [0, 0.1) is 0 Å². The van der Waals surface area contributed by atoms with Crippen molar-refractivity contribution in [2.75, 3.05) is 30.8 Å². The maximum Gasteiger partial charge on any atom is 0.246 e. The van der Waals surface area contributed by atoms with E-state index in [0.717, 1.165) is 16.1 Å². The molecule has 0 aliphatic rings. The highest BCUT2D eigenvalue weighted by atomic mass is 32.2. The molecule has 0 aliphatic heterocycles. The van der Waals surface area contributed by atoms with Crippen molar-refractivity contribution in [2.45, 2.75) is 13.5 Å². The number of benzene rings is 2. The normalized spacial score (nSPS) is 11.2. The first-order chi connectivity index (χ1) is 14.8. The first-order valence-corrected chi connectivity index (χ1v) is 11.5. The van der Waals surface area contributed by atoms with Gasteiger partial charge < -0.3 is 14.2 Å². The predicted molar refractivity (Wildman–Crippen MR) is 116 cm³/mol. The summed E-state index contributed by atoms with van der Waals surface area (Å²) in [6.07, 6.45) is 1.05. The summed E-state index contributed by atoms with van der Waals surface area (Å²) < 4.78 is 36.4. The molecule has 3 rings (SSSR count). The minimum Gasteiger partial charge on any atom is -0.494 e. The van der Waals surface area contributed by atoms with Gasteiger partial charge in [0.25, 0.3) is 0 Å². The van der Waals surface area contributed by atoms with E-state index in [2.05, 4.69) is 10.1 Å². The maximum absolute atomic E-state index is 12.8. The third kappa shape index (κ3) is 5.82. The largest absolute Gasteiger partial charge is 0.494 e. The Balaban J connectivity index is 1.72. The second-order valence-electron chi connectivity index (χ2n) is 6.83. The lowest BCUT2D eigenvalue weighted by Crippen LogP contribution is -2.41. The molecule has 3 aromatic rings. The first-order valence-electron chi connectivity index (χ1n) is 9.60. The Bertz CT molecular complexity index is 1130. The zero-order valence-electron chi connectivity index (χ0n) is 17.6. The molecule has 1 aromatic heterocycles. The molecule has 0 fully saturated rings. The van der Waals surface area contributed by atoms with Crippen LogP contribution in [0.25, 0.3) is 11.4 Å². The average Bonchev–Trinajstić information content (AvgIpc) is 3.20. The van der Waals surface area contributed by atoms with Crippen LogP contribution in [0.1, 0.15) is 12.8 Å². The van der Waals surface area contributed by atoms with Gasteiger partial charge in [-0.3, -0.25) is 9.10 Å². The van der Waals surface area contributed by atoms with Gasteiger partial charge in [0.2, 0.25) is 27.6 Å². The number of hydrogen-bond donors (Lipinski definition) is 0. The van der Waals surface area contributed by atoms with Crippen LogP contribution in [0.5, 0.6) is 5.75 Å². The van der Waals surface area contributed by atoms with E-state index < -0.39 is 15.9 Å². The zero-order chi connectivity index (χ0) is 22.4. The molecule has 1 heterocycles. The van der Waals surface area contributed by atoms with Crippen LogP contribution in [0.3, 0.4) is 0 Å². The summed E-state index contributed by atoms with van der Waals surface area (Å²) in [5, 5.41) is 3.93. The minimum atomic E-state index is -3.70. The number of likely N-dealkylation sites (N-methyl/N-ethyl adjacent to an activating group) is 1. The van der Waals surface area contributed by atoms with Crippen LogP contribution in [0.4, 0.5) is 5.69 Å². The molecule has 0 unspecified atom stereocenters. The molecule has 0 saturated carbocycles. The van der Waals surface area contributed by atoms with Crippen LogP contribution in [-0.2, 0) is 21.4 Å². The summed E-state index contributed by atoms with van der Waals surface area (Å²) in [7, 11) is -2.16. The number of aromatic nitrogens is 2. The third-order valence-corrected chi connectivity index (χ3v) is 5.53. The Morgan fingerprint density at radius 1 is 1.13 bits per heavy atom. The second kappa shape index (κ2) is 9.61. The van der Waals surface area contributed by atoms with Crippen molar-refractivity contribution in [3.63, 3.8) is 0 Å². The molecule has 31 heavy (non-hydrogen) atoms. The number of rotatable bonds is 9. The molecule has 0 atom stereocenters. The molecule has 2 aromatic carbocycles. The molecule has 0 saturated heterocycles. The van der Waals surface area contributed by atoms with Gasteiger partial charge in [0.15, 0.2) is 0 Å². The van der Waals surface area contributed by atoms with Gasteiger partial charge in [0, 0.05) is 18.7 Å². The average molecular weight is 445 g/mol. The van der Waals surface area contributed by atoms with Crippen molar-refractivity contribution >= 4 is 21.6 Å². The molecule has 10 heteroatoms. The summed E-state index contributed by atoms with van der Waals surface area (Å²) in [6.45, 7) is 1.96. The van der Waals surface area contributed by atoms with Crippen molar-refractivity contribution in [3.05, 3.63) is 60.5 Å². The Labute approximate surface area is 181 Å². The highest BCUT2D eigenvalue weighted by Gasteiger charge is 2.24. The van der Waals surface area contributed by atoms with E-state index in [1.165, 1.54) is 4.90 Å². The molecule has 1 amide bonds. The number of sulfonamides is 1. The van der Waals surface area contributed by atoms with Crippen molar-refractivity contribution in [1.29, 1.82) is 0 Å². The fourth-order valence-electron chi connectivity index (χ4n) is 2.85. The van der Waals surface area contributed by atoms with Gasteiger partial charge in [0.05, 0.1) is 25.1 Å². The van der Waals surface area contributed by atoms with E-state index in [-0.39, 0.29) is 19.0 Å². The number of nitrogens with zero attached hydrogens (tertiary/aromatic N) is 4. The van der Waals surface area contributed by atoms with Gasteiger partial charge in [-0.2, -0.15) is 4.98 Å². The van der Waals surface area contributed by atoms with Crippen molar-refractivity contribution in [3.8, 4) is 17.1 Å². The molecular weight excluding hydrogens is 420 g/mol. The van der Waals surface area contributed by atoms with E-state index in [9.17, 15) is 13.2 Å². The monoisotopic (exact) mass is 444 g/mol. The molecule has 0 bridgehead atoms. The number of hydrogen-bond acceptors (Lipinski definition) is 7. The van der Waals surface area contributed by atoms with Crippen LogP contribution in [-0.4, -0.2) is 55.8 Å². The smallest absolute Gasteiger partial charge is 0.246 e. The Hall–Kier alpha value is -3.40. The van der Waals surface area contributed by atoms with Crippen LogP contribution in [0.2, 0.25) is 0 Å². The number of amides is 1. The van der Waals surface area contributed by atoms with Crippen LogP contribution < -0.4 is 9.04 Å². The first kappa shape index (κ1) is 22.3. The predicted octanol–water partition coefficient (Wildman–Crippen LogP) is 2.56. The van der Waals surface area contributed by atoms with Gasteiger partial charge in [-0.05, 0) is 19.1 Å². The lowest BCUT2D eigenvalue weighted by Gasteiger charge is -2.24. The molecule has 0 spiro atoms. The topological polar surface area (TPSA) is 106 Å². The fourth-order valence-corrected chi connectivity index (χ4v) is 3.69. The summed E-state index contributed by atoms with van der Waals surface area (Å²) in [5.41, 5.74) is 1.14. The quantitative estimate of drug-likeness (QED) is 0.499. The van der Waals surface area contributed by atoms with E-state index >= 15 is 0 Å². The molecule has 9 nitrogen and oxygen atoms in total. The van der Waals surface area contributed by atoms with Gasteiger partial charge in [-0.1, -0.05) is 41.6 Å².